The highest BCUT2D eigenvalue weighted by Gasteiger charge is 2.46. The van der Waals surface area contributed by atoms with E-state index in [2.05, 4.69) is 0 Å². The number of imide groups is 1. The van der Waals surface area contributed by atoms with Gasteiger partial charge in [0.25, 0.3) is 0 Å². The number of ether oxygens (including phenoxy) is 2. The van der Waals surface area contributed by atoms with Crippen LogP contribution in [0.25, 0.3) is 0 Å². The first-order valence-electron chi connectivity index (χ1n) is 10.4. The quantitative estimate of drug-likeness (QED) is 0.374. The summed E-state index contributed by atoms with van der Waals surface area (Å²) in [6, 6.07) is 6.66. The van der Waals surface area contributed by atoms with Crippen LogP contribution in [-0.2, 0) is 20.8 Å². The van der Waals surface area contributed by atoms with Crippen LogP contribution in [0.2, 0.25) is 0 Å². The predicted molar refractivity (Wildman–Crippen MR) is 145 cm³/mol. The SMILES string of the molecule is COc1cc2c(cc1OC)C(Sc1cc(I)c(N(C(C)=O)C(C)=O)c(I)c1)N(C(=O)C(F)(F)F)CC2. The Hall–Kier alpha value is -1.75. The number of carbonyl (C=O) groups excluding carboxylic acids is 3. The molecular weight excluding hydrogens is 727 g/mol. The Kier molecular flexibility index (Phi) is 9.07. The number of anilines is 1. The van der Waals surface area contributed by atoms with Gasteiger partial charge in [0.1, 0.15) is 5.37 Å². The third-order valence-electron chi connectivity index (χ3n) is 5.41. The van der Waals surface area contributed by atoms with Crippen LogP contribution in [0.15, 0.2) is 29.2 Å². The average molecular weight is 748 g/mol. The first kappa shape index (κ1) is 28.8. The zero-order chi connectivity index (χ0) is 26.9. The van der Waals surface area contributed by atoms with E-state index >= 15 is 0 Å². The number of halogens is 5. The van der Waals surface area contributed by atoms with E-state index in [0.717, 1.165) is 27.1 Å². The van der Waals surface area contributed by atoms with Crippen molar-refractivity contribution in [1.29, 1.82) is 0 Å². The van der Waals surface area contributed by atoms with E-state index in [9.17, 15) is 27.6 Å². The monoisotopic (exact) mass is 748 g/mol. The van der Waals surface area contributed by atoms with E-state index in [0.29, 0.717) is 34.8 Å². The average Bonchev–Trinajstić information content (AvgIpc) is 2.79. The van der Waals surface area contributed by atoms with E-state index < -0.39 is 29.3 Å². The summed E-state index contributed by atoms with van der Waals surface area (Å²) in [5.41, 5.74) is 1.65. The number of carbonyl (C=O) groups is 3. The minimum Gasteiger partial charge on any atom is -0.493 e. The van der Waals surface area contributed by atoms with E-state index in [1.807, 2.05) is 45.2 Å². The predicted octanol–water partition coefficient (Wildman–Crippen LogP) is 5.55. The lowest BCUT2D eigenvalue weighted by Gasteiger charge is -2.37. The van der Waals surface area contributed by atoms with Crippen molar-refractivity contribution in [2.45, 2.75) is 36.7 Å². The Bertz CT molecular complexity index is 1190. The van der Waals surface area contributed by atoms with Gasteiger partial charge in [-0.2, -0.15) is 13.2 Å². The molecular formula is C23H21F3I2N2O5S. The maximum absolute atomic E-state index is 13.5. The molecule has 0 bridgehead atoms. The lowest BCUT2D eigenvalue weighted by molar-refractivity contribution is -0.186. The number of amides is 3. The van der Waals surface area contributed by atoms with Crippen molar-refractivity contribution in [3.05, 3.63) is 42.5 Å². The van der Waals surface area contributed by atoms with Crippen LogP contribution in [0, 0.1) is 7.14 Å². The molecule has 1 atom stereocenters. The molecule has 0 fully saturated rings. The Labute approximate surface area is 237 Å². The van der Waals surface area contributed by atoms with Gasteiger partial charge < -0.3 is 14.4 Å². The van der Waals surface area contributed by atoms with Crippen LogP contribution in [0.3, 0.4) is 0 Å². The molecule has 13 heteroatoms. The number of alkyl halides is 3. The van der Waals surface area contributed by atoms with Crippen LogP contribution in [0.1, 0.15) is 30.3 Å². The molecule has 1 heterocycles. The summed E-state index contributed by atoms with van der Waals surface area (Å²) in [5, 5.41) is -1.00. The molecule has 0 aliphatic carbocycles. The van der Waals surface area contributed by atoms with Gasteiger partial charge in [-0.1, -0.05) is 11.8 Å². The lowest BCUT2D eigenvalue weighted by atomic mass is 9.98. The zero-order valence-corrected chi connectivity index (χ0v) is 24.7. The molecule has 0 radical (unpaired) electrons. The van der Waals surface area contributed by atoms with Gasteiger partial charge in [-0.05, 0) is 87.0 Å². The van der Waals surface area contributed by atoms with Gasteiger partial charge in [0.2, 0.25) is 11.8 Å². The van der Waals surface area contributed by atoms with Crippen molar-refractivity contribution in [3.63, 3.8) is 0 Å². The number of benzene rings is 2. The molecule has 1 aliphatic heterocycles. The topological polar surface area (TPSA) is 76.2 Å². The molecule has 1 unspecified atom stereocenters. The molecule has 2 aromatic carbocycles. The summed E-state index contributed by atoms with van der Waals surface area (Å²) < 4.78 is 52.3. The normalized spacial score (nSPS) is 15.2. The molecule has 2 aromatic rings. The third kappa shape index (κ3) is 5.87. The molecule has 1 aliphatic rings. The van der Waals surface area contributed by atoms with Gasteiger partial charge in [-0.25, -0.2) is 4.90 Å². The van der Waals surface area contributed by atoms with Crippen molar-refractivity contribution < 1.29 is 37.0 Å². The maximum atomic E-state index is 13.5. The zero-order valence-electron chi connectivity index (χ0n) is 19.5. The highest BCUT2D eigenvalue weighted by atomic mass is 127. The van der Waals surface area contributed by atoms with Crippen molar-refractivity contribution in [1.82, 2.24) is 4.90 Å². The van der Waals surface area contributed by atoms with E-state index in [1.54, 1.807) is 24.3 Å². The number of thioether (sulfide) groups is 1. The Morgan fingerprint density at radius 2 is 1.53 bits per heavy atom. The van der Waals surface area contributed by atoms with Crippen LogP contribution in [-0.4, -0.2) is 49.6 Å². The molecule has 0 N–H and O–H groups in total. The molecule has 7 nitrogen and oxygen atoms in total. The summed E-state index contributed by atoms with van der Waals surface area (Å²) in [5.74, 6) is -2.06. The maximum Gasteiger partial charge on any atom is 0.471 e. The minimum absolute atomic E-state index is 0.132. The van der Waals surface area contributed by atoms with E-state index in [1.165, 1.54) is 28.1 Å². The molecule has 0 aromatic heterocycles. The van der Waals surface area contributed by atoms with Crippen LogP contribution >= 0.6 is 56.9 Å². The summed E-state index contributed by atoms with van der Waals surface area (Å²) in [6.45, 7) is 2.42. The molecule has 3 rings (SSSR count). The first-order chi connectivity index (χ1) is 16.8. The molecule has 0 saturated heterocycles. The third-order valence-corrected chi connectivity index (χ3v) is 8.30. The number of methoxy groups -OCH3 is 2. The first-order valence-corrected chi connectivity index (χ1v) is 13.4. The van der Waals surface area contributed by atoms with Gasteiger partial charge >= 0.3 is 12.1 Å². The minimum atomic E-state index is -5.04. The second-order valence-electron chi connectivity index (χ2n) is 7.73. The number of hydrogen-bond donors (Lipinski definition) is 0. The summed E-state index contributed by atoms with van der Waals surface area (Å²) in [4.78, 5) is 38.9. The van der Waals surface area contributed by atoms with Gasteiger partial charge in [0.05, 0.1) is 19.9 Å². The molecule has 194 valence electrons. The van der Waals surface area contributed by atoms with Crippen LogP contribution < -0.4 is 14.4 Å². The van der Waals surface area contributed by atoms with Gasteiger partial charge in [-0.3, -0.25) is 14.4 Å². The van der Waals surface area contributed by atoms with Crippen LogP contribution in [0.5, 0.6) is 11.5 Å². The van der Waals surface area contributed by atoms with Gasteiger partial charge in [0, 0.05) is 32.4 Å². The van der Waals surface area contributed by atoms with Crippen LogP contribution in [0.4, 0.5) is 18.9 Å². The van der Waals surface area contributed by atoms with Crippen molar-refractivity contribution >= 4 is 80.4 Å². The van der Waals surface area contributed by atoms with Crippen molar-refractivity contribution in [2.24, 2.45) is 0 Å². The smallest absolute Gasteiger partial charge is 0.471 e. The molecule has 36 heavy (non-hydrogen) atoms. The van der Waals surface area contributed by atoms with Gasteiger partial charge in [-0.15, -0.1) is 0 Å². The highest BCUT2D eigenvalue weighted by molar-refractivity contribution is 14.1. The lowest BCUT2D eigenvalue weighted by Crippen LogP contribution is -2.45. The van der Waals surface area contributed by atoms with Crippen molar-refractivity contribution in [3.8, 4) is 11.5 Å². The molecule has 3 amide bonds. The Balaban J connectivity index is 2.12. The number of hydrogen-bond acceptors (Lipinski definition) is 6. The van der Waals surface area contributed by atoms with E-state index in [4.69, 9.17) is 9.47 Å². The standard InChI is InChI=1S/C23H21F3I2N2O5S/c1-11(31)30(12(2)32)20-16(27)8-14(9-17(20)28)36-21-15-10-19(35-4)18(34-3)7-13(15)5-6-29(21)22(33)23(24,25)26/h7-10,21H,5-6H2,1-4H3. The molecule has 0 spiro atoms. The summed E-state index contributed by atoms with van der Waals surface area (Å²) in [6.07, 6.45) is -4.82. The number of rotatable bonds is 5. The fourth-order valence-corrected chi connectivity index (χ4v) is 7.87. The van der Waals surface area contributed by atoms with Gasteiger partial charge in [0.15, 0.2) is 11.5 Å². The van der Waals surface area contributed by atoms with Crippen molar-refractivity contribution in [2.75, 3.05) is 25.7 Å². The Morgan fingerprint density at radius 3 is 2.00 bits per heavy atom. The fraction of sp³-hybridized carbons (Fsp3) is 0.348. The Morgan fingerprint density at radius 1 is 1.00 bits per heavy atom. The fourth-order valence-electron chi connectivity index (χ4n) is 3.90. The summed E-state index contributed by atoms with van der Waals surface area (Å²) >= 11 is 5.03. The summed E-state index contributed by atoms with van der Waals surface area (Å²) in [7, 11) is 2.89. The second-order valence-corrected chi connectivity index (χ2v) is 11.2. The molecule has 0 saturated carbocycles. The number of fused-ring (bicyclic) bond motifs is 1. The largest absolute Gasteiger partial charge is 0.493 e. The second kappa shape index (κ2) is 11.3. The number of nitrogens with zero attached hydrogens (tertiary/aromatic N) is 2. The van der Waals surface area contributed by atoms with E-state index in [-0.39, 0.29) is 13.0 Å². The highest BCUT2D eigenvalue weighted by Crippen LogP contribution is 2.48.